The zero-order valence-electron chi connectivity index (χ0n) is 13.2. The molecule has 3 heterocycles. The van der Waals surface area contributed by atoms with Gasteiger partial charge in [0.15, 0.2) is 0 Å². The summed E-state index contributed by atoms with van der Waals surface area (Å²) in [5, 5.41) is 13.0. The van der Waals surface area contributed by atoms with Gasteiger partial charge < -0.3 is 9.84 Å². The summed E-state index contributed by atoms with van der Waals surface area (Å²) in [7, 11) is 0. The molecule has 7 nitrogen and oxygen atoms in total. The second-order valence-electron chi connectivity index (χ2n) is 5.05. The summed E-state index contributed by atoms with van der Waals surface area (Å²) in [5.74, 6) is 0.00579. The molecule has 0 aliphatic rings. The van der Waals surface area contributed by atoms with E-state index in [9.17, 15) is 4.79 Å². The van der Waals surface area contributed by atoms with E-state index in [2.05, 4.69) is 20.6 Å². The van der Waals surface area contributed by atoms with Crippen LogP contribution in [0.4, 0.5) is 0 Å². The van der Waals surface area contributed by atoms with Crippen molar-refractivity contribution in [1.29, 1.82) is 0 Å². The monoisotopic (exact) mass is 331 g/mol. The molecular weight excluding hydrogens is 314 g/mol. The number of aromatic nitrogens is 4. The molecule has 0 aliphatic heterocycles. The predicted molar refractivity (Wildman–Crippen MR) is 86.2 cm³/mol. The van der Waals surface area contributed by atoms with Crippen LogP contribution in [0.15, 0.2) is 22.0 Å². The van der Waals surface area contributed by atoms with Gasteiger partial charge in [-0.2, -0.15) is 10.1 Å². The van der Waals surface area contributed by atoms with Crippen molar-refractivity contribution in [3.05, 3.63) is 40.4 Å². The predicted octanol–water partition coefficient (Wildman–Crippen LogP) is 2.56. The van der Waals surface area contributed by atoms with Crippen LogP contribution in [0.25, 0.3) is 10.7 Å². The van der Waals surface area contributed by atoms with Crippen LogP contribution in [0.1, 0.15) is 34.6 Å². The van der Waals surface area contributed by atoms with Crippen LogP contribution < -0.4 is 5.32 Å². The van der Waals surface area contributed by atoms with Crippen molar-refractivity contribution in [3.8, 4) is 10.7 Å². The third-order valence-corrected chi connectivity index (χ3v) is 4.48. The van der Waals surface area contributed by atoms with Crippen molar-refractivity contribution in [2.75, 3.05) is 0 Å². The third kappa shape index (κ3) is 3.02. The fourth-order valence-corrected chi connectivity index (χ4v) is 3.01. The molecule has 0 atom stereocenters. The molecule has 0 radical (unpaired) electrons. The van der Waals surface area contributed by atoms with E-state index < -0.39 is 0 Å². The molecule has 0 aromatic carbocycles. The Labute approximate surface area is 137 Å². The maximum atomic E-state index is 12.2. The number of carbonyl (C=O) groups excluding carboxylic acids is 1. The molecule has 0 fully saturated rings. The van der Waals surface area contributed by atoms with Crippen LogP contribution in [-0.2, 0) is 13.1 Å². The van der Waals surface area contributed by atoms with Gasteiger partial charge in [-0.15, -0.1) is 11.3 Å². The van der Waals surface area contributed by atoms with E-state index >= 15 is 0 Å². The average molecular weight is 331 g/mol. The maximum Gasteiger partial charge on any atom is 0.316 e. The quantitative estimate of drug-likeness (QED) is 0.776. The molecule has 3 aromatic heterocycles. The van der Waals surface area contributed by atoms with Gasteiger partial charge in [-0.05, 0) is 32.2 Å². The standard InChI is InChI=1S/C15H17N5O2S/c1-4-20-10(3)11(9(2)18-20)8-16-14(21)15-17-13(19-22-15)12-6-5-7-23-12/h5-7H,4,8H2,1-3H3,(H,16,21). The van der Waals surface area contributed by atoms with Gasteiger partial charge >= 0.3 is 11.8 Å². The number of rotatable bonds is 5. The Hall–Kier alpha value is -2.48. The van der Waals surface area contributed by atoms with Gasteiger partial charge in [0.2, 0.25) is 5.82 Å². The van der Waals surface area contributed by atoms with Gasteiger partial charge in [0.1, 0.15) is 0 Å². The molecule has 0 aliphatic carbocycles. The second-order valence-corrected chi connectivity index (χ2v) is 6.00. The summed E-state index contributed by atoms with van der Waals surface area (Å²) >= 11 is 1.49. The minimum absolute atomic E-state index is 0.0356. The van der Waals surface area contributed by atoms with E-state index in [4.69, 9.17) is 4.52 Å². The number of nitrogens with one attached hydrogen (secondary N) is 1. The Balaban J connectivity index is 1.69. The topological polar surface area (TPSA) is 85.8 Å². The zero-order valence-corrected chi connectivity index (χ0v) is 14.0. The molecule has 0 unspecified atom stereocenters. The van der Waals surface area contributed by atoms with Crippen LogP contribution in [0.3, 0.4) is 0 Å². The van der Waals surface area contributed by atoms with Gasteiger partial charge in [-0.25, -0.2) is 0 Å². The van der Waals surface area contributed by atoms with Crippen LogP contribution in [-0.4, -0.2) is 25.8 Å². The van der Waals surface area contributed by atoms with Crippen molar-refractivity contribution >= 4 is 17.2 Å². The molecule has 1 N–H and O–H groups in total. The number of amides is 1. The normalized spacial score (nSPS) is 10.9. The third-order valence-electron chi connectivity index (χ3n) is 3.62. The summed E-state index contributed by atoms with van der Waals surface area (Å²) in [4.78, 5) is 17.2. The van der Waals surface area contributed by atoms with E-state index in [0.717, 1.165) is 28.4 Å². The van der Waals surface area contributed by atoms with Crippen LogP contribution in [0.5, 0.6) is 0 Å². The second kappa shape index (κ2) is 6.33. The van der Waals surface area contributed by atoms with E-state index in [1.807, 2.05) is 43.0 Å². The lowest BCUT2D eigenvalue weighted by atomic mass is 10.2. The van der Waals surface area contributed by atoms with E-state index in [1.54, 1.807) is 0 Å². The highest BCUT2D eigenvalue weighted by Crippen LogP contribution is 2.21. The lowest BCUT2D eigenvalue weighted by Gasteiger charge is -2.03. The van der Waals surface area contributed by atoms with E-state index in [-0.39, 0.29) is 11.8 Å². The minimum Gasteiger partial charge on any atom is -0.344 e. The SMILES string of the molecule is CCn1nc(C)c(CNC(=O)c2nc(-c3cccs3)no2)c1C. The fourth-order valence-electron chi connectivity index (χ4n) is 2.36. The molecule has 23 heavy (non-hydrogen) atoms. The van der Waals surface area contributed by atoms with Crippen molar-refractivity contribution in [2.45, 2.75) is 33.9 Å². The van der Waals surface area contributed by atoms with Gasteiger partial charge in [0, 0.05) is 24.3 Å². The molecule has 3 rings (SSSR count). The summed E-state index contributed by atoms with van der Waals surface area (Å²) in [6, 6.07) is 3.77. The van der Waals surface area contributed by atoms with E-state index in [0.29, 0.717) is 12.4 Å². The first kappa shape index (κ1) is 15.4. The summed E-state index contributed by atoms with van der Waals surface area (Å²) in [6.07, 6.45) is 0. The molecular formula is C15H17N5O2S. The summed E-state index contributed by atoms with van der Waals surface area (Å²) < 4.78 is 6.95. The van der Waals surface area contributed by atoms with E-state index in [1.165, 1.54) is 11.3 Å². The molecule has 0 saturated carbocycles. The summed E-state index contributed by atoms with van der Waals surface area (Å²) in [5.41, 5.74) is 2.97. The molecule has 8 heteroatoms. The van der Waals surface area contributed by atoms with Crippen molar-refractivity contribution in [1.82, 2.24) is 25.2 Å². The minimum atomic E-state index is -0.386. The highest BCUT2D eigenvalue weighted by atomic mass is 32.1. The zero-order chi connectivity index (χ0) is 16.4. The highest BCUT2D eigenvalue weighted by Gasteiger charge is 2.18. The van der Waals surface area contributed by atoms with Crippen molar-refractivity contribution in [2.24, 2.45) is 0 Å². The molecule has 3 aromatic rings. The lowest BCUT2D eigenvalue weighted by Crippen LogP contribution is -2.23. The Bertz CT molecular complexity index is 819. The maximum absolute atomic E-state index is 12.2. The lowest BCUT2D eigenvalue weighted by molar-refractivity contribution is 0.0907. The number of nitrogens with zero attached hydrogens (tertiary/aromatic N) is 4. The Morgan fingerprint density at radius 2 is 2.26 bits per heavy atom. The molecule has 0 saturated heterocycles. The largest absolute Gasteiger partial charge is 0.344 e. The molecule has 1 amide bonds. The number of aryl methyl sites for hydroxylation is 2. The van der Waals surface area contributed by atoms with Crippen LogP contribution in [0.2, 0.25) is 0 Å². The van der Waals surface area contributed by atoms with Crippen molar-refractivity contribution in [3.63, 3.8) is 0 Å². The average Bonchev–Trinajstić information content (AvgIpc) is 3.25. The van der Waals surface area contributed by atoms with Gasteiger partial charge in [-0.1, -0.05) is 11.2 Å². The van der Waals surface area contributed by atoms with Crippen molar-refractivity contribution < 1.29 is 9.32 Å². The fraction of sp³-hybridized carbons (Fsp3) is 0.333. The van der Waals surface area contributed by atoms with Crippen LogP contribution >= 0.6 is 11.3 Å². The Morgan fingerprint density at radius 3 is 2.91 bits per heavy atom. The Kier molecular flexibility index (Phi) is 4.24. The van der Waals surface area contributed by atoms with Gasteiger partial charge in [0.05, 0.1) is 10.6 Å². The molecule has 0 bridgehead atoms. The highest BCUT2D eigenvalue weighted by molar-refractivity contribution is 7.13. The van der Waals surface area contributed by atoms with Gasteiger partial charge in [0.25, 0.3) is 0 Å². The molecule has 120 valence electrons. The number of thiophene rings is 1. The number of carbonyl (C=O) groups is 1. The number of hydrogen-bond donors (Lipinski definition) is 1. The Morgan fingerprint density at radius 1 is 1.43 bits per heavy atom. The molecule has 0 spiro atoms. The summed E-state index contributed by atoms with van der Waals surface area (Å²) in [6.45, 7) is 7.14. The number of hydrogen-bond acceptors (Lipinski definition) is 6. The smallest absolute Gasteiger partial charge is 0.316 e. The first-order chi connectivity index (χ1) is 11.1. The van der Waals surface area contributed by atoms with Crippen LogP contribution in [0, 0.1) is 13.8 Å². The first-order valence-corrected chi connectivity index (χ1v) is 8.16. The first-order valence-electron chi connectivity index (χ1n) is 7.28. The van der Waals surface area contributed by atoms with Gasteiger partial charge in [-0.3, -0.25) is 9.48 Å².